The lowest BCUT2D eigenvalue weighted by molar-refractivity contribution is -0.143. The second kappa shape index (κ2) is 3.82. The van der Waals surface area contributed by atoms with Crippen LogP contribution in [-0.4, -0.2) is 34.6 Å². The minimum Gasteiger partial charge on any atom is -0.480 e. The molecule has 1 saturated carbocycles. The highest BCUT2D eigenvalue weighted by Gasteiger charge is 2.48. The van der Waals surface area contributed by atoms with Gasteiger partial charge in [0.1, 0.15) is 6.04 Å². The van der Waals surface area contributed by atoms with E-state index in [0.717, 1.165) is 25.8 Å². The van der Waals surface area contributed by atoms with Crippen molar-refractivity contribution in [3.63, 3.8) is 0 Å². The van der Waals surface area contributed by atoms with Gasteiger partial charge < -0.3 is 5.11 Å². The minimum absolute atomic E-state index is 0.276. The van der Waals surface area contributed by atoms with Crippen LogP contribution in [0.25, 0.3) is 0 Å². The van der Waals surface area contributed by atoms with Crippen molar-refractivity contribution in [1.82, 2.24) is 4.90 Å². The maximum Gasteiger partial charge on any atom is 0.321 e. The minimum atomic E-state index is -0.758. The second-order valence-electron chi connectivity index (χ2n) is 4.64. The highest BCUT2D eigenvalue weighted by molar-refractivity contribution is 5.74. The zero-order valence-electron chi connectivity index (χ0n) is 8.89. The van der Waals surface area contributed by atoms with E-state index in [1.807, 2.05) is 4.90 Å². The number of hydrogen-bond donors (Lipinski definition) is 1. The fraction of sp³-hybridized carbons (Fsp3) is 0.818. The lowest BCUT2D eigenvalue weighted by Gasteiger charge is -2.25. The molecule has 15 heavy (non-hydrogen) atoms. The fourth-order valence-corrected chi connectivity index (χ4v) is 3.14. The summed E-state index contributed by atoms with van der Waals surface area (Å²) in [5.41, 5.74) is 0. The standard InChI is InChI=1S/C11H16N2O2/c1-7(5-12)13-6-8-3-2-4-9(8)10(13)11(14)15/h7-10H,2-4,6H2,1H3,(H,14,15). The first-order valence-electron chi connectivity index (χ1n) is 5.53. The first kappa shape index (κ1) is 10.4. The van der Waals surface area contributed by atoms with E-state index in [1.165, 1.54) is 0 Å². The number of aliphatic carboxylic acids is 1. The summed E-state index contributed by atoms with van der Waals surface area (Å²) in [6.45, 7) is 2.58. The molecule has 1 aliphatic carbocycles. The Labute approximate surface area is 89.5 Å². The molecule has 82 valence electrons. The molecule has 4 heteroatoms. The Bertz CT molecular complexity index is 310. The Morgan fingerprint density at radius 3 is 2.93 bits per heavy atom. The molecule has 1 N–H and O–H groups in total. The summed E-state index contributed by atoms with van der Waals surface area (Å²) < 4.78 is 0. The average molecular weight is 208 g/mol. The number of fused-ring (bicyclic) bond motifs is 1. The van der Waals surface area contributed by atoms with Crippen LogP contribution in [0.3, 0.4) is 0 Å². The molecule has 4 unspecified atom stereocenters. The third kappa shape index (κ3) is 1.61. The van der Waals surface area contributed by atoms with Gasteiger partial charge in [0.25, 0.3) is 0 Å². The summed E-state index contributed by atoms with van der Waals surface area (Å²) in [7, 11) is 0. The third-order valence-corrected chi connectivity index (χ3v) is 3.86. The molecule has 0 radical (unpaired) electrons. The van der Waals surface area contributed by atoms with Crippen LogP contribution >= 0.6 is 0 Å². The molecule has 0 aromatic rings. The molecule has 0 bridgehead atoms. The van der Waals surface area contributed by atoms with E-state index in [2.05, 4.69) is 6.07 Å². The van der Waals surface area contributed by atoms with Gasteiger partial charge in [-0.2, -0.15) is 5.26 Å². The molecule has 0 aromatic carbocycles. The van der Waals surface area contributed by atoms with E-state index in [0.29, 0.717) is 5.92 Å². The predicted octanol–water partition coefficient (Wildman–Crippen LogP) is 1.08. The lowest BCUT2D eigenvalue weighted by atomic mass is 9.94. The number of nitrogens with zero attached hydrogens (tertiary/aromatic N) is 2. The molecule has 1 heterocycles. The van der Waals surface area contributed by atoms with E-state index >= 15 is 0 Å². The highest BCUT2D eigenvalue weighted by atomic mass is 16.4. The summed E-state index contributed by atoms with van der Waals surface area (Å²) in [5, 5.41) is 18.1. The Kier molecular flexibility index (Phi) is 2.66. The van der Waals surface area contributed by atoms with Crippen molar-refractivity contribution in [3.8, 4) is 6.07 Å². The Balaban J connectivity index is 2.20. The molecule has 4 atom stereocenters. The van der Waals surface area contributed by atoms with E-state index in [4.69, 9.17) is 5.26 Å². The molecule has 2 fully saturated rings. The van der Waals surface area contributed by atoms with Crippen LogP contribution in [0.2, 0.25) is 0 Å². The summed E-state index contributed by atoms with van der Waals surface area (Å²) in [5.74, 6) is 0.0201. The number of hydrogen-bond acceptors (Lipinski definition) is 3. The van der Waals surface area contributed by atoms with E-state index in [-0.39, 0.29) is 12.0 Å². The van der Waals surface area contributed by atoms with Crippen LogP contribution in [-0.2, 0) is 4.79 Å². The first-order chi connectivity index (χ1) is 7.15. The van der Waals surface area contributed by atoms with Crippen molar-refractivity contribution in [2.24, 2.45) is 11.8 Å². The third-order valence-electron chi connectivity index (χ3n) is 3.86. The number of rotatable bonds is 2. The van der Waals surface area contributed by atoms with Gasteiger partial charge in [-0.3, -0.25) is 9.69 Å². The fourth-order valence-electron chi connectivity index (χ4n) is 3.14. The number of nitriles is 1. The smallest absolute Gasteiger partial charge is 0.321 e. The van der Waals surface area contributed by atoms with Gasteiger partial charge in [-0.1, -0.05) is 6.42 Å². The first-order valence-corrected chi connectivity index (χ1v) is 5.53. The van der Waals surface area contributed by atoms with Crippen molar-refractivity contribution in [3.05, 3.63) is 0 Å². The summed E-state index contributed by atoms with van der Waals surface area (Å²) in [6, 6.07) is 1.44. The van der Waals surface area contributed by atoms with Crippen molar-refractivity contribution in [2.45, 2.75) is 38.3 Å². The van der Waals surface area contributed by atoms with Gasteiger partial charge in [0.05, 0.1) is 12.1 Å². The van der Waals surface area contributed by atoms with Crippen molar-refractivity contribution in [1.29, 1.82) is 5.26 Å². The monoisotopic (exact) mass is 208 g/mol. The number of carboxylic acid groups (broad SMARTS) is 1. The van der Waals surface area contributed by atoms with Gasteiger partial charge in [-0.25, -0.2) is 0 Å². The maximum absolute atomic E-state index is 11.2. The van der Waals surface area contributed by atoms with Gasteiger partial charge in [0.2, 0.25) is 0 Å². The largest absolute Gasteiger partial charge is 0.480 e. The zero-order valence-corrected chi connectivity index (χ0v) is 8.89. The Morgan fingerprint density at radius 1 is 1.60 bits per heavy atom. The maximum atomic E-state index is 11.2. The molecule has 4 nitrogen and oxygen atoms in total. The van der Waals surface area contributed by atoms with Crippen LogP contribution in [0.4, 0.5) is 0 Å². The number of carboxylic acids is 1. The van der Waals surface area contributed by atoms with Crippen LogP contribution in [0.15, 0.2) is 0 Å². The van der Waals surface area contributed by atoms with Gasteiger partial charge >= 0.3 is 5.97 Å². The second-order valence-corrected chi connectivity index (χ2v) is 4.64. The topological polar surface area (TPSA) is 64.3 Å². The normalized spacial score (nSPS) is 37.2. The SMILES string of the molecule is CC(C#N)N1CC2CCCC2C1C(=O)O. The summed E-state index contributed by atoms with van der Waals surface area (Å²) in [6.07, 6.45) is 3.28. The molecule has 1 aliphatic heterocycles. The lowest BCUT2D eigenvalue weighted by Crippen LogP contribution is -2.43. The number of likely N-dealkylation sites (tertiary alicyclic amines) is 1. The quantitative estimate of drug-likeness (QED) is 0.737. The Morgan fingerprint density at radius 2 is 2.33 bits per heavy atom. The van der Waals surface area contributed by atoms with Crippen molar-refractivity contribution >= 4 is 5.97 Å². The number of carbonyl (C=O) groups is 1. The molecule has 2 rings (SSSR count). The molecule has 1 saturated heterocycles. The molecular formula is C11H16N2O2. The molecule has 0 spiro atoms. The van der Waals surface area contributed by atoms with Crippen LogP contribution in [0, 0.1) is 23.2 Å². The van der Waals surface area contributed by atoms with E-state index in [1.54, 1.807) is 6.92 Å². The van der Waals surface area contributed by atoms with Crippen LogP contribution in [0.5, 0.6) is 0 Å². The van der Waals surface area contributed by atoms with Crippen LogP contribution < -0.4 is 0 Å². The average Bonchev–Trinajstić information content (AvgIpc) is 2.73. The molecule has 0 aromatic heterocycles. The zero-order chi connectivity index (χ0) is 11.0. The van der Waals surface area contributed by atoms with E-state index in [9.17, 15) is 9.90 Å². The summed E-state index contributed by atoms with van der Waals surface area (Å²) in [4.78, 5) is 13.1. The summed E-state index contributed by atoms with van der Waals surface area (Å²) >= 11 is 0. The molecular weight excluding hydrogens is 192 g/mol. The van der Waals surface area contributed by atoms with Crippen molar-refractivity contribution in [2.75, 3.05) is 6.54 Å². The van der Waals surface area contributed by atoms with Crippen molar-refractivity contribution < 1.29 is 9.90 Å². The van der Waals surface area contributed by atoms with Gasteiger partial charge in [-0.05, 0) is 31.6 Å². The van der Waals surface area contributed by atoms with Gasteiger partial charge in [0.15, 0.2) is 0 Å². The molecule has 2 aliphatic rings. The van der Waals surface area contributed by atoms with Gasteiger partial charge in [0, 0.05) is 6.54 Å². The Hall–Kier alpha value is -1.08. The predicted molar refractivity (Wildman–Crippen MR) is 54.0 cm³/mol. The highest BCUT2D eigenvalue weighted by Crippen LogP contribution is 2.42. The van der Waals surface area contributed by atoms with Gasteiger partial charge in [-0.15, -0.1) is 0 Å². The van der Waals surface area contributed by atoms with Crippen LogP contribution in [0.1, 0.15) is 26.2 Å². The molecule has 0 amide bonds. The van der Waals surface area contributed by atoms with E-state index < -0.39 is 12.0 Å².